The van der Waals surface area contributed by atoms with Gasteiger partial charge >= 0.3 is 11.9 Å². The lowest BCUT2D eigenvalue weighted by atomic mass is 9.81. The van der Waals surface area contributed by atoms with Gasteiger partial charge in [-0.05, 0) is 18.4 Å². The first-order chi connectivity index (χ1) is 15.1. The molecule has 0 radical (unpaired) electrons. The van der Waals surface area contributed by atoms with Crippen LogP contribution < -0.4 is 0 Å². The van der Waals surface area contributed by atoms with Crippen LogP contribution in [0.5, 0.6) is 0 Å². The van der Waals surface area contributed by atoms with Gasteiger partial charge in [0.05, 0.1) is 13.2 Å². The number of Topliss-reactive ketones (excluding diaryl/α,β-unsaturated/α-hetero) is 1. The van der Waals surface area contributed by atoms with E-state index in [0.717, 1.165) is 18.4 Å². The number of rotatable bonds is 13. The highest BCUT2D eigenvalue weighted by atomic mass is 16.6. The molecule has 0 bridgehead atoms. The number of unbranched alkanes of at least 4 members (excludes halogenated alkanes) is 2. The van der Waals surface area contributed by atoms with Gasteiger partial charge in [0, 0.05) is 17.9 Å². The van der Waals surface area contributed by atoms with Crippen molar-refractivity contribution >= 4 is 17.7 Å². The van der Waals surface area contributed by atoms with Gasteiger partial charge in [0.2, 0.25) is 0 Å². The van der Waals surface area contributed by atoms with Crippen molar-refractivity contribution in [3.05, 3.63) is 71.8 Å². The molecule has 0 saturated heterocycles. The molecule has 31 heavy (non-hydrogen) atoms. The van der Waals surface area contributed by atoms with Crippen LogP contribution in [0.1, 0.15) is 67.8 Å². The maximum atomic E-state index is 13.0. The molecule has 0 fully saturated rings. The summed E-state index contributed by atoms with van der Waals surface area (Å²) in [4.78, 5) is 39.0. The molecule has 2 aromatic rings. The Balaban J connectivity index is 2.35. The van der Waals surface area contributed by atoms with E-state index in [1.807, 2.05) is 50.2 Å². The molecule has 166 valence electrons. The highest BCUT2D eigenvalue weighted by Gasteiger charge is 2.39. The van der Waals surface area contributed by atoms with Crippen LogP contribution in [-0.4, -0.2) is 30.9 Å². The fraction of sp³-hybridized carbons (Fsp3) is 0.423. The van der Waals surface area contributed by atoms with Gasteiger partial charge in [-0.15, -0.1) is 0 Å². The topological polar surface area (TPSA) is 69.7 Å². The molecule has 2 aromatic carbocycles. The van der Waals surface area contributed by atoms with Crippen LogP contribution >= 0.6 is 0 Å². The van der Waals surface area contributed by atoms with Crippen LogP contribution in [0.2, 0.25) is 0 Å². The number of benzene rings is 2. The first-order valence-electron chi connectivity index (χ1n) is 11.0. The Morgan fingerprint density at radius 2 is 1.23 bits per heavy atom. The highest BCUT2D eigenvalue weighted by molar-refractivity contribution is 6.00. The van der Waals surface area contributed by atoms with Crippen LogP contribution in [0.4, 0.5) is 0 Å². The highest BCUT2D eigenvalue weighted by Crippen LogP contribution is 2.32. The molecule has 5 heteroatoms. The average Bonchev–Trinajstić information content (AvgIpc) is 2.80. The van der Waals surface area contributed by atoms with Crippen molar-refractivity contribution < 1.29 is 23.9 Å². The minimum Gasteiger partial charge on any atom is -0.465 e. The van der Waals surface area contributed by atoms with E-state index in [4.69, 9.17) is 9.47 Å². The van der Waals surface area contributed by atoms with E-state index in [2.05, 4.69) is 0 Å². The third-order valence-corrected chi connectivity index (χ3v) is 5.12. The number of ether oxygens (including phenoxy) is 2. The van der Waals surface area contributed by atoms with Crippen molar-refractivity contribution in [2.24, 2.45) is 5.92 Å². The van der Waals surface area contributed by atoms with Crippen molar-refractivity contribution in [2.45, 2.75) is 51.9 Å². The Morgan fingerprint density at radius 1 is 0.742 bits per heavy atom. The number of hydrogen-bond acceptors (Lipinski definition) is 5. The molecular weight excluding hydrogens is 392 g/mol. The fourth-order valence-corrected chi connectivity index (χ4v) is 3.31. The van der Waals surface area contributed by atoms with Crippen LogP contribution in [0, 0.1) is 5.92 Å². The molecule has 0 spiro atoms. The van der Waals surface area contributed by atoms with Gasteiger partial charge in [-0.3, -0.25) is 14.4 Å². The third-order valence-electron chi connectivity index (χ3n) is 5.12. The second-order valence-corrected chi connectivity index (χ2v) is 7.53. The Kier molecular flexibility index (Phi) is 10.5. The van der Waals surface area contributed by atoms with Crippen LogP contribution in [0.25, 0.3) is 0 Å². The van der Waals surface area contributed by atoms with E-state index in [1.54, 1.807) is 24.3 Å². The third kappa shape index (κ3) is 7.67. The molecular formula is C26H32O5. The summed E-state index contributed by atoms with van der Waals surface area (Å²) in [5.74, 6) is -3.27. The van der Waals surface area contributed by atoms with E-state index in [-0.39, 0.29) is 25.4 Å². The van der Waals surface area contributed by atoms with Crippen molar-refractivity contribution in [1.82, 2.24) is 0 Å². The smallest absolute Gasteiger partial charge is 0.320 e. The van der Waals surface area contributed by atoms with Crippen LogP contribution in [0.15, 0.2) is 60.7 Å². The van der Waals surface area contributed by atoms with Gasteiger partial charge in [-0.2, -0.15) is 0 Å². The van der Waals surface area contributed by atoms with E-state index < -0.39 is 23.8 Å². The Bertz CT molecular complexity index is 794. The monoisotopic (exact) mass is 424 g/mol. The molecule has 0 saturated carbocycles. The number of esters is 2. The zero-order valence-electron chi connectivity index (χ0n) is 18.4. The summed E-state index contributed by atoms with van der Waals surface area (Å²) in [6, 6.07) is 18.1. The first kappa shape index (κ1) is 24.3. The molecule has 0 aliphatic rings. The number of ketones is 1. The van der Waals surface area contributed by atoms with Gasteiger partial charge in [-0.1, -0.05) is 87.4 Å². The first-order valence-corrected chi connectivity index (χ1v) is 11.0. The fourth-order valence-electron chi connectivity index (χ4n) is 3.31. The minimum absolute atomic E-state index is 0.00441. The SMILES string of the molecule is CCCCOC(=O)C(C(=O)OCCCC)C(CC(=O)c1ccccc1)c1ccccc1. The molecule has 2 rings (SSSR count). The van der Waals surface area contributed by atoms with Crippen molar-refractivity contribution in [3.8, 4) is 0 Å². The number of hydrogen-bond donors (Lipinski definition) is 0. The summed E-state index contributed by atoms with van der Waals surface area (Å²) < 4.78 is 10.8. The van der Waals surface area contributed by atoms with Gasteiger partial charge < -0.3 is 9.47 Å². The lowest BCUT2D eigenvalue weighted by Crippen LogP contribution is -2.35. The quantitative estimate of drug-likeness (QED) is 0.188. The maximum Gasteiger partial charge on any atom is 0.320 e. The lowest BCUT2D eigenvalue weighted by molar-refractivity contribution is -0.163. The molecule has 5 nitrogen and oxygen atoms in total. The van der Waals surface area contributed by atoms with E-state index in [9.17, 15) is 14.4 Å². The van der Waals surface area contributed by atoms with Crippen LogP contribution in [0.3, 0.4) is 0 Å². The molecule has 0 amide bonds. The van der Waals surface area contributed by atoms with Crippen molar-refractivity contribution in [3.63, 3.8) is 0 Å². The van der Waals surface area contributed by atoms with Crippen LogP contribution in [-0.2, 0) is 19.1 Å². The average molecular weight is 425 g/mol. The van der Waals surface area contributed by atoms with E-state index in [0.29, 0.717) is 18.4 Å². The summed E-state index contributed by atoms with van der Waals surface area (Å²) in [6.07, 6.45) is 3.16. The minimum atomic E-state index is -1.19. The molecule has 1 atom stereocenters. The summed E-state index contributed by atoms with van der Waals surface area (Å²) >= 11 is 0. The summed E-state index contributed by atoms with van der Waals surface area (Å²) in [5, 5.41) is 0. The van der Waals surface area contributed by atoms with Gasteiger partial charge in [-0.25, -0.2) is 0 Å². The standard InChI is InChI=1S/C26H32O5/c1-3-5-17-30-25(28)24(26(29)31-18-6-4-2)22(20-13-9-7-10-14-20)19-23(27)21-15-11-8-12-16-21/h7-16,22,24H,3-6,17-19H2,1-2H3. The second-order valence-electron chi connectivity index (χ2n) is 7.53. The summed E-state index contributed by atoms with van der Waals surface area (Å²) in [6.45, 7) is 4.47. The zero-order chi connectivity index (χ0) is 22.5. The molecule has 0 aliphatic heterocycles. The van der Waals surface area contributed by atoms with E-state index >= 15 is 0 Å². The van der Waals surface area contributed by atoms with E-state index in [1.165, 1.54) is 0 Å². The predicted octanol–water partition coefficient (Wildman–Crippen LogP) is 5.35. The molecule has 0 heterocycles. The molecule has 1 unspecified atom stereocenters. The van der Waals surface area contributed by atoms with Gasteiger partial charge in [0.25, 0.3) is 0 Å². The Morgan fingerprint density at radius 3 is 1.71 bits per heavy atom. The van der Waals surface area contributed by atoms with Gasteiger partial charge in [0.1, 0.15) is 0 Å². The normalized spacial score (nSPS) is 11.7. The molecule has 0 aromatic heterocycles. The predicted molar refractivity (Wildman–Crippen MR) is 120 cm³/mol. The zero-order valence-corrected chi connectivity index (χ0v) is 18.4. The van der Waals surface area contributed by atoms with Crippen molar-refractivity contribution in [2.75, 3.05) is 13.2 Å². The summed E-state index contributed by atoms with van der Waals surface area (Å²) in [5.41, 5.74) is 1.28. The molecule has 0 aliphatic carbocycles. The maximum absolute atomic E-state index is 13.0. The van der Waals surface area contributed by atoms with Crippen molar-refractivity contribution in [1.29, 1.82) is 0 Å². The largest absolute Gasteiger partial charge is 0.465 e. The lowest BCUT2D eigenvalue weighted by Gasteiger charge is -2.24. The Labute approximate surface area is 184 Å². The number of carbonyl (C=O) groups excluding carboxylic acids is 3. The Hall–Kier alpha value is -2.95. The summed E-state index contributed by atoms with van der Waals surface area (Å²) in [7, 11) is 0. The molecule has 0 N–H and O–H groups in total. The number of carbonyl (C=O) groups is 3. The van der Waals surface area contributed by atoms with Gasteiger partial charge in [0.15, 0.2) is 11.7 Å². The second kappa shape index (κ2) is 13.4.